The molecule has 2 aromatic rings. The van der Waals surface area contributed by atoms with Crippen molar-refractivity contribution in [2.24, 2.45) is 0 Å². The van der Waals surface area contributed by atoms with Crippen LogP contribution in [0.1, 0.15) is 16.1 Å². The number of hydrogen-bond acceptors (Lipinski definition) is 8. The van der Waals surface area contributed by atoms with Crippen molar-refractivity contribution in [3.63, 3.8) is 0 Å². The van der Waals surface area contributed by atoms with Crippen molar-refractivity contribution >= 4 is 29.0 Å². The monoisotopic (exact) mass is 422 g/mol. The van der Waals surface area contributed by atoms with Crippen LogP contribution in [-0.2, 0) is 11.3 Å². The molecule has 3 rings (SSSR count). The molecule has 0 N–H and O–H groups in total. The fourth-order valence-electron chi connectivity index (χ4n) is 3.14. The number of hydrogen-bond donors (Lipinski definition) is 0. The fourth-order valence-corrected chi connectivity index (χ4v) is 4.86. The van der Waals surface area contributed by atoms with Crippen LogP contribution in [0.5, 0.6) is 11.5 Å². The molecule has 0 saturated carbocycles. The molecule has 1 saturated heterocycles. The molecule has 2 heterocycles. The molecule has 28 heavy (non-hydrogen) atoms. The standard InChI is InChI=1S/C19H26N4O3S2/c1-13-9-16(25-3)17(26-4)10-15(13)11-22-5-7-23(8-6-22)18(24)12-27-19-21-20-14(2)28-19/h9-10H,5-8,11-12H2,1-4H3. The third-order valence-corrected chi connectivity index (χ3v) is 6.74. The Kier molecular flexibility index (Phi) is 7.14. The number of benzene rings is 1. The van der Waals surface area contributed by atoms with Gasteiger partial charge in [0, 0.05) is 32.7 Å². The van der Waals surface area contributed by atoms with E-state index in [0.29, 0.717) is 5.75 Å². The van der Waals surface area contributed by atoms with E-state index < -0.39 is 0 Å². The van der Waals surface area contributed by atoms with E-state index in [4.69, 9.17) is 9.47 Å². The van der Waals surface area contributed by atoms with Crippen molar-refractivity contribution in [2.75, 3.05) is 46.2 Å². The van der Waals surface area contributed by atoms with Crippen molar-refractivity contribution in [1.29, 1.82) is 0 Å². The van der Waals surface area contributed by atoms with Crippen LogP contribution < -0.4 is 9.47 Å². The fraction of sp³-hybridized carbons (Fsp3) is 0.526. The lowest BCUT2D eigenvalue weighted by atomic mass is 10.1. The minimum atomic E-state index is 0.166. The van der Waals surface area contributed by atoms with Gasteiger partial charge in [-0.1, -0.05) is 23.1 Å². The van der Waals surface area contributed by atoms with E-state index in [0.717, 1.165) is 53.6 Å². The molecule has 0 unspecified atom stereocenters. The van der Waals surface area contributed by atoms with Crippen molar-refractivity contribution < 1.29 is 14.3 Å². The molecule has 1 fully saturated rings. The summed E-state index contributed by atoms with van der Waals surface area (Å²) in [7, 11) is 3.31. The molecule has 9 heteroatoms. The van der Waals surface area contributed by atoms with Gasteiger partial charge in [-0.3, -0.25) is 9.69 Å². The zero-order valence-electron chi connectivity index (χ0n) is 16.7. The Bertz CT molecular complexity index is 820. The van der Waals surface area contributed by atoms with Crippen LogP contribution in [0.3, 0.4) is 0 Å². The predicted molar refractivity (Wildman–Crippen MR) is 112 cm³/mol. The molecule has 1 aromatic carbocycles. The van der Waals surface area contributed by atoms with Gasteiger partial charge in [0.1, 0.15) is 5.01 Å². The Morgan fingerprint density at radius 1 is 1.11 bits per heavy atom. The molecule has 1 aliphatic heterocycles. The number of carbonyl (C=O) groups is 1. The quantitative estimate of drug-likeness (QED) is 0.635. The molecule has 0 radical (unpaired) electrons. The maximum absolute atomic E-state index is 12.5. The summed E-state index contributed by atoms with van der Waals surface area (Å²) in [5.41, 5.74) is 2.40. The van der Waals surface area contributed by atoms with E-state index >= 15 is 0 Å². The number of nitrogens with zero attached hydrogens (tertiary/aromatic N) is 4. The summed E-state index contributed by atoms with van der Waals surface area (Å²) in [5, 5.41) is 8.97. The molecule has 0 atom stereocenters. The Morgan fingerprint density at radius 3 is 2.39 bits per heavy atom. The summed E-state index contributed by atoms with van der Waals surface area (Å²) in [4.78, 5) is 16.8. The number of thioether (sulfide) groups is 1. The Hall–Kier alpha value is -1.84. The topological polar surface area (TPSA) is 67.8 Å². The zero-order valence-corrected chi connectivity index (χ0v) is 18.4. The molecule has 152 valence electrons. The van der Waals surface area contributed by atoms with Crippen LogP contribution in [0.15, 0.2) is 16.5 Å². The molecule has 1 aromatic heterocycles. The average Bonchev–Trinajstić information content (AvgIpc) is 3.13. The minimum absolute atomic E-state index is 0.166. The summed E-state index contributed by atoms with van der Waals surface area (Å²) in [6, 6.07) is 4.06. The number of piperazine rings is 1. The van der Waals surface area contributed by atoms with Gasteiger partial charge in [-0.15, -0.1) is 10.2 Å². The lowest BCUT2D eigenvalue weighted by Crippen LogP contribution is -2.48. The minimum Gasteiger partial charge on any atom is -0.493 e. The van der Waals surface area contributed by atoms with Gasteiger partial charge in [0.2, 0.25) is 5.91 Å². The number of ether oxygens (including phenoxy) is 2. The number of aryl methyl sites for hydroxylation is 2. The Morgan fingerprint density at radius 2 is 1.79 bits per heavy atom. The maximum Gasteiger partial charge on any atom is 0.233 e. The Labute approximate surface area is 174 Å². The Balaban J connectivity index is 1.50. The highest BCUT2D eigenvalue weighted by Crippen LogP contribution is 2.31. The summed E-state index contributed by atoms with van der Waals surface area (Å²) in [5.74, 6) is 2.09. The maximum atomic E-state index is 12.5. The van der Waals surface area contributed by atoms with Gasteiger partial charge in [0.05, 0.1) is 20.0 Å². The number of methoxy groups -OCH3 is 2. The first-order chi connectivity index (χ1) is 13.5. The second-order valence-corrected chi connectivity index (χ2v) is 9.07. The highest BCUT2D eigenvalue weighted by molar-refractivity contribution is 8.01. The van der Waals surface area contributed by atoms with Gasteiger partial charge in [0.15, 0.2) is 15.8 Å². The van der Waals surface area contributed by atoms with Gasteiger partial charge < -0.3 is 14.4 Å². The molecule has 0 spiro atoms. The van der Waals surface area contributed by atoms with Crippen LogP contribution in [0, 0.1) is 13.8 Å². The first-order valence-corrected chi connectivity index (χ1v) is 10.9. The van der Waals surface area contributed by atoms with Crippen LogP contribution in [0.4, 0.5) is 0 Å². The van der Waals surface area contributed by atoms with E-state index in [2.05, 4.69) is 22.0 Å². The third kappa shape index (κ3) is 5.15. The van der Waals surface area contributed by atoms with E-state index in [-0.39, 0.29) is 5.91 Å². The first kappa shape index (κ1) is 20.9. The highest BCUT2D eigenvalue weighted by Gasteiger charge is 2.22. The normalized spacial score (nSPS) is 14.9. The van der Waals surface area contributed by atoms with Crippen molar-refractivity contribution in [3.8, 4) is 11.5 Å². The number of carbonyl (C=O) groups excluding carboxylic acids is 1. The van der Waals surface area contributed by atoms with Gasteiger partial charge in [-0.05, 0) is 37.1 Å². The third-order valence-electron chi connectivity index (χ3n) is 4.79. The number of aromatic nitrogens is 2. The largest absolute Gasteiger partial charge is 0.493 e. The van der Waals surface area contributed by atoms with Gasteiger partial charge in [-0.2, -0.15) is 0 Å². The molecule has 1 amide bonds. The number of amides is 1. The predicted octanol–water partition coefficient (Wildman–Crippen LogP) is 2.61. The summed E-state index contributed by atoms with van der Waals surface area (Å²) < 4.78 is 11.6. The SMILES string of the molecule is COc1cc(C)c(CN2CCN(C(=O)CSc3nnc(C)s3)CC2)cc1OC. The first-order valence-electron chi connectivity index (χ1n) is 9.14. The van der Waals surface area contributed by atoms with Crippen LogP contribution in [0.25, 0.3) is 0 Å². The smallest absolute Gasteiger partial charge is 0.233 e. The second kappa shape index (κ2) is 9.58. The van der Waals surface area contributed by atoms with Gasteiger partial charge in [0.25, 0.3) is 0 Å². The van der Waals surface area contributed by atoms with E-state index in [1.807, 2.05) is 24.0 Å². The van der Waals surface area contributed by atoms with E-state index in [9.17, 15) is 4.79 Å². The van der Waals surface area contributed by atoms with E-state index in [1.54, 1.807) is 14.2 Å². The van der Waals surface area contributed by atoms with Crippen molar-refractivity contribution in [3.05, 3.63) is 28.3 Å². The molecule has 7 nitrogen and oxygen atoms in total. The van der Waals surface area contributed by atoms with Crippen molar-refractivity contribution in [1.82, 2.24) is 20.0 Å². The van der Waals surface area contributed by atoms with Gasteiger partial charge >= 0.3 is 0 Å². The average molecular weight is 423 g/mol. The van der Waals surface area contributed by atoms with Crippen LogP contribution in [0.2, 0.25) is 0 Å². The summed E-state index contributed by atoms with van der Waals surface area (Å²) >= 11 is 3.00. The van der Waals surface area contributed by atoms with Gasteiger partial charge in [-0.25, -0.2) is 0 Å². The van der Waals surface area contributed by atoms with Crippen molar-refractivity contribution in [2.45, 2.75) is 24.7 Å². The summed E-state index contributed by atoms with van der Waals surface area (Å²) in [6.45, 7) is 8.07. The molecule has 0 bridgehead atoms. The number of rotatable bonds is 7. The lowest BCUT2D eigenvalue weighted by Gasteiger charge is -2.35. The second-order valence-electron chi connectivity index (χ2n) is 6.67. The lowest BCUT2D eigenvalue weighted by molar-refractivity contribution is -0.130. The highest BCUT2D eigenvalue weighted by atomic mass is 32.2. The van der Waals surface area contributed by atoms with Crippen LogP contribution >= 0.6 is 23.1 Å². The molecule has 0 aliphatic carbocycles. The molecule has 1 aliphatic rings. The summed E-state index contributed by atoms with van der Waals surface area (Å²) in [6.07, 6.45) is 0. The zero-order chi connectivity index (χ0) is 20.1. The molecular weight excluding hydrogens is 396 g/mol. The molecular formula is C19H26N4O3S2. The van der Waals surface area contributed by atoms with Crippen LogP contribution in [-0.4, -0.2) is 72.1 Å². The van der Waals surface area contributed by atoms with E-state index in [1.165, 1.54) is 34.2 Å².